The van der Waals surface area contributed by atoms with Crippen molar-refractivity contribution in [1.29, 1.82) is 0 Å². The van der Waals surface area contributed by atoms with Crippen LogP contribution in [-0.2, 0) is 41.1 Å². The monoisotopic (exact) mass is 412 g/mol. The Morgan fingerprint density at radius 2 is 1.55 bits per heavy atom. The number of aliphatic hydroxyl groups excluding tert-OH is 1. The molecule has 2 atom stereocenters. The summed E-state index contributed by atoms with van der Waals surface area (Å²) in [4.78, 5) is 18.6. The third-order valence-corrected chi connectivity index (χ3v) is 1.50. The van der Waals surface area contributed by atoms with Crippen LogP contribution in [0.1, 0.15) is 0 Å². The van der Waals surface area contributed by atoms with E-state index in [0.717, 1.165) is 0 Å². The van der Waals surface area contributed by atoms with E-state index in [1.165, 1.54) is 0 Å². The zero-order chi connectivity index (χ0) is 8.57. The summed E-state index contributed by atoms with van der Waals surface area (Å²) in [6.07, 6.45) is 0. The fourth-order valence-corrected chi connectivity index (χ4v) is 0.612. The van der Waals surface area contributed by atoms with Gasteiger partial charge in [-0.05, 0) is 0 Å². The number of alkyl halides is 1. The topological polar surface area (TPSA) is 110 Å². The molecule has 6 nitrogen and oxygen atoms in total. The smallest absolute Gasteiger partial charge is 0.781 e. The second-order valence-electron chi connectivity index (χ2n) is 0.722. The van der Waals surface area contributed by atoms with Crippen LogP contribution in [0.2, 0.25) is 0 Å². The van der Waals surface area contributed by atoms with Crippen LogP contribution in [0.15, 0.2) is 0 Å². The van der Waals surface area contributed by atoms with Crippen molar-refractivity contribution in [3.63, 3.8) is 0 Å². The van der Waals surface area contributed by atoms with E-state index in [0.29, 0.717) is 0 Å². The Hall–Kier alpha value is 1.53. The van der Waals surface area contributed by atoms with Gasteiger partial charge < -0.3 is 24.0 Å². The van der Waals surface area contributed by atoms with Gasteiger partial charge in [0, 0.05) is 0 Å². The maximum Gasteiger partial charge on any atom is 2.00 e. The molecule has 0 fully saturated rings. The molecular weight excluding hydrogens is 406 g/mol. The average Bonchev–Trinajstić information content (AvgIpc) is 1.62. The molecule has 0 amide bonds. The van der Waals surface area contributed by atoms with Crippen molar-refractivity contribution in [3.8, 4) is 0 Å². The molecule has 0 heterocycles. The first kappa shape index (κ1) is 18.3. The predicted molar refractivity (Wildman–Crippen MR) is 32.0 cm³/mol. The van der Waals surface area contributed by atoms with E-state index in [1.807, 2.05) is 0 Å². The van der Waals surface area contributed by atoms with E-state index in [9.17, 15) is 18.9 Å². The van der Waals surface area contributed by atoms with Crippen molar-refractivity contribution in [2.24, 2.45) is 0 Å². The zero-order valence-corrected chi connectivity index (χ0v) is 13.5. The first-order valence-electron chi connectivity index (χ1n) is 1.81. The van der Waals surface area contributed by atoms with Crippen LogP contribution in [0.5, 0.6) is 0 Å². The van der Waals surface area contributed by atoms with E-state index in [2.05, 4.69) is 15.9 Å². The first-order chi connectivity index (χ1) is 4.54. The molecule has 64 valence electrons. The SMILES string of the molecule is O=[PH]([O-])O[PH](=O)[O-].OCCl.[Hg+2]. The number of rotatable bonds is 2. The van der Waals surface area contributed by atoms with E-state index >= 15 is 0 Å². The summed E-state index contributed by atoms with van der Waals surface area (Å²) in [6, 6.07) is -0.278. The average molecular weight is 411 g/mol. The number of hydrogen-bond acceptors (Lipinski definition) is 6. The van der Waals surface area contributed by atoms with Crippen LogP contribution in [0.3, 0.4) is 0 Å². The summed E-state index contributed by atoms with van der Waals surface area (Å²) in [5.41, 5.74) is 0. The first-order valence-corrected chi connectivity index (χ1v) is 4.79. The van der Waals surface area contributed by atoms with Crippen LogP contribution in [0.4, 0.5) is 0 Å². The van der Waals surface area contributed by atoms with Gasteiger partial charge in [0.05, 0.1) is 0 Å². The Labute approximate surface area is 89.9 Å². The molecule has 0 saturated heterocycles. The van der Waals surface area contributed by atoms with Crippen molar-refractivity contribution in [1.82, 2.24) is 0 Å². The molecule has 2 unspecified atom stereocenters. The van der Waals surface area contributed by atoms with Gasteiger partial charge in [-0.1, -0.05) is 11.6 Å². The fraction of sp³-hybridized carbons (Fsp3) is 1.00. The van der Waals surface area contributed by atoms with Gasteiger partial charge in [0.25, 0.3) is 0 Å². The maximum atomic E-state index is 9.29. The van der Waals surface area contributed by atoms with Gasteiger partial charge in [-0.2, -0.15) is 0 Å². The predicted octanol–water partition coefficient (Wildman–Crippen LogP) is -1.32. The number of aliphatic hydroxyl groups is 1. The van der Waals surface area contributed by atoms with Crippen LogP contribution >= 0.6 is 28.1 Å². The number of halogens is 1. The molecule has 0 aromatic rings. The third kappa shape index (κ3) is 34.3. The van der Waals surface area contributed by atoms with E-state index in [-0.39, 0.29) is 33.7 Å². The van der Waals surface area contributed by atoms with Crippen molar-refractivity contribution in [2.45, 2.75) is 0 Å². The summed E-state index contributed by atoms with van der Waals surface area (Å²) in [5.74, 6) is 0. The summed E-state index contributed by atoms with van der Waals surface area (Å²) in [5, 5.41) is 7.33. The maximum absolute atomic E-state index is 9.29. The molecule has 0 aromatic heterocycles. The quantitative estimate of drug-likeness (QED) is 0.343. The number of hydrogen-bond donors (Lipinski definition) is 1. The van der Waals surface area contributed by atoms with Gasteiger partial charge >= 0.3 is 27.7 Å². The van der Waals surface area contributed by atoms with Crippen LogP contribution < -0.4 is 9.79 Å². The minimum Gasteiger partial charge on any atom is -0.781 e. The van der Waals surface area contributed by atoms with Crippen molar-refractivity contribution < 1.29 is 56.0 Å². The molecule has 0 aliphatic rings. The standard InChI is InChI=1S/CH3ClO.Hg.H4O5P2/c2-1-3;;1-6(2)5-7(3)4/h3H,1H2;;6-7H,(H,1,2)(H,3,4)/q;+2;/p-2. The fourth-order valence-electron chi connectivity index (χ4n) is 0.0680. The van der Waals surface area contributed by atoms with Gasteiger partial charge in [0.2, 0.25) is 0 Å². The molecule has 0 aliphatic carbocycles. The molecule has 1 N–H and O–H groups in total. The Bertz CT molecular complexity index is 107. The Balaban J connectivity index is -0.000000140. The zero-order valence-electron chi connectivity index (χ0n) is 5.28. The summed E-state index contributed by atoms with van der Waals surface area (Å²) >= 11 is 4.55. The molecule has 0 saturated carbocycles. The summed E-state index contributed by atoms with van der Waals surface area (Å²) in [6.45, 7) is 0. The van der Waals surface area contributed by atoms with Crippen molar-refractivity contribution in [2.75, 3.05) is 6.07 Å². The molecule has 11 heavy (non-hydrogen) atoms. The molecule has 0 rings (SSSR count). The van der Waals surface area contributed by atoms with Crippen LogP contribution in [0.25, 0.3) is 0 Å². The van der Waals surface area contributed by atoms with E-state index < -0.39 is 16.5 Å². The van der Waals surface area contributed by atoms with Crippen LogP contribution in [-0.4, -0.2) is 11.2 Å². The van der Waals surface area contributed by atoms with Crippen molar-refractivity contribution in [3.05, 3.63) is 0 Å². The second-order valence-corrected chi connectivity index (χ2v) is 2.78. The second kappa shape index (κ2) is 14.1. The molecule has 0 spiro atoms. The Morgan fingerprint density at radius 3 is 1.55 bits per heavy atom. The molecule has 0 bridgehead atoms. The van der Waals surface area contributed by atoms with Crippen LogP contribution in [0, 0.1) is 0 Å². The molecule has 0 radical (unpaired) electrons. The summed E-state index contributed by atoms with van der Waals surface area (Å²) < 4.78 is 21.8. The van der Waals surface area contributed by atoms with Gasteiger partial charge in [0.15, 0.2) is 0 Å². The largest absolute Gasteiger partial charge is 2.00 e. The van der Waals surface area contributed by atoms with E-state index in [4.69, 9.17) is 5.11 Å². The molecule has 0 aromatic carbocycles. The molecular formula is CH5ClHgO6P2. The minimum atomic E-state index is -3.51. The van der Waals surface area contributed by atoms with Gasteiger partial charge in [-0.15, -0.1) is 0 Å². The van der Waals surface area contributed by atoms with Crippen molar-refractivity contribution >= 4 is 28.1 Å². The Kier molecular flexibility index (Phi) is 23.5. The summed E-state index contributed by atoms with van der Waals surface area (Å²) in [7, 11) is -7.03. The molecule has 0 aliphatic heterocycles. The van der Waals surface area contributed by atoms with Gasteiger partial charge in [-0.3, -0.25) is 4.31 Å². The van der Waals surface area contributed by atoms with Gasteiger partial charge in [-0.25, -0.2) is 0 Å². The third-order valence-electron chi connectivity index (χ3n) is 0.167. The van der Waals surface area contributed by atoms with Gasteiger partial charge in [0.1, 0.15) is 22.6 Å². The molecule has 10 heteroatoms. The minimum absolute atomic E-state index is 0. The Morgan fingerprint density at radius 1 is 1.36 bits per heavy atom. The van der Waals surface area contributed by atoms with E-state index in [1.54, 1.807) is 0 Å². The normalized spacial score (nSPS) is 13.5.